The number of rotatable bonds is 6. The lowest BCUT2D eigenvalue weighted by Crippen LogP contribution is -2.28. The van der Waals surface area contributed by atoms with E-state index in [0.717, 1.165) is 25.0 Å². The third-order valence-corrected chi connectivity index (χ3v) is 5.62. The number of amides is 1. The van der Waals surface area contributed by atoms with Crippen molar-refractivity contribution >= 4 is 41.0 Å². The molecular formula is C24H16Cl2F3NO3. The summed E-state index contributed by atoms with van der Waals surface area (Å²) < 4.78 is 44.7. The summed E-state index contributed by atoms with van der Waals surface area (Å²) in [5.41, 5.74) is -0.435. The Morgan fingerprint density at radius 1 is 1.00 bits per heavy atom. The van der Waals surface area contributed by atoms with E-state index in [-0.39, 0.29) is 44.5 Å². The van der Waals surface area contributed by atoms with E-state index in [4.69, 9.17) is 27.6 Å². The van der Waals surface area contributed by atoms with Crippen molar-refractivity contribution in [3.8, 4) is 11.3 Å². The summed E-state index contributed by atoms with van der Waals surface area (Å²) in [6, 6.07) is 12.9. The number of ketones is 1. The van der Waals surface area contributed by atoms with Crippen molar-refractivity contribution in [3.05, 3.63) is 87.2 Å². The Morgan fingerprint density at radius 2 is 1.64 bits per heavy atom. The lowest BCUT2D eigenvalue weighted by atomic mass is 10.1. The van der Waals surface area contributed by atoms with Gasteiger partial charge in [-0.2, -0.15) is 13.2 Å². The average molecular weight is 494 g/mol. The second kappa shape index (κ2) is 9.08. The molecule has 1 saturated carbocycles. The summed E-state index contributed by atoms with van der Waals surface area (Å²) in [5.74, 6) is -0.508. The van der Waals surface area contributed by atoms with Gasteiger partial charge in [-0.25, -0.2) is 0 Å². The average Bonchev–Trinajstić information content (AvgIpc) is 3.52. The first-order valence-corrected chi connectivity index (χ1v) is 10.7. The van der Waals surface area contributed by atoms with Crippen LogP contribution in [0.1, 0.15) is 34.5 Å². The van der Waals surface area contributed by atoms with E-state index in [2.05, 4.69) is 5.32 Å². The normalized spacial score (nSPS) is 14.3. The van der Waals surface area contributed by atoms with Crippen LogP contribution in [0.5, 0.6) is 0 Å². The highest BCUT2D eigenvalue weighted by Crippen LogP contribution is 2.41. The van der Waals surface area contributed by atoms with Crippen molar-refractivity contribution in [2.75, 3.05) is 0 Å². The van der Waals surface area contributed by atoms with E-state index in [1.807, 2.05) is 0 Å². The number of Topliss-reactive ketones (excluding diaryl/α,β-unsaturated/α-hetero) is 1. The molecule has 2 aromatic carbocycles. The van der Waals surface area contributed by atoms with Crippen molar-refractivity contribution in [2.45, 2.75) is 19.0 Å². The molecule has 1 fully saturated rings. The molecule has 1 amide bonds. The van der Waals surface area contributed by atoms with Crippen molar-refractivity contribution < 1.29 is 27.2 Å². The first-order chi connectivity index (χ1) is 15.6. The maximum atomic E-state index is 13.0. The maximum absolute atomic E-state index is 13.0. The molecule has 170 valence electrons. The van der Waals surface area contributed by atoms with E-state index in [0.29, 0.717) is 5.56 Å². The van der Waals surface area contributed by atoms with Gasteiger partial charge < -0.3 is 9.73 Å². The molecule has 9 heteroatoms. The Labute approximate surface area is 197 Å². The molecule has 0 aliphatic heterocycles. The minimum absolute atomic E-state index is 0.0665. The third-order valence-electron chi connectivity index (χ3n) is 5.03. The number of allylic oxidation sites excluding steroid dienone is 1. The van der Waals surface area contributed by atoms with Gasteiger partial charge in [-0.15, -0.1) is 0 Å². The lowest BCUT2D eigenvalue weighted by molar-refractivity contribution is -0.137. The van der Waals surface area contributed by atoms with E-state index < -0.39 is 17.6 Å². The fraction of sp³-hybridized carbons (Fsp3) is 0.167. The maximum Gasteiger partial charge on any atom is 0.416 e. The van der Waals surface area contributed by atoms with E-state index in [9.17, 15) is 22.8 Å². The number of carbonyl (C=O) groups is 2. The zero-order valence-electron chi connectivity index (χ0n) is 16.9. The summed E-state index contributed by atoms with van der Waals surface area (Å²) in [5, 5.41) is 2.17. The molecule has 33 heavy (non-hydrogen) atoms. The lowest BCUT2D eigenvalue weighted by Gasteiger charge is -2.11. The van der Waals surface area contributed by atoms with Crippen LogP contribution in [0.15, 0.2) is 64.7 Å². The smallest absolute Gasteiger partial charge is 0.416 e. The van der Waals surface area contributed by atoms with Crippen LogP contribution in [0.2, 0.25) is 10.0 Å². The van der Waals surface area contributed by atoms with Crippen molar-refractivity contribution in [2.24, 2.45) is 5.92 Å². The molecule has 0 unspecified atom stereocenters. The van der Waals surface area contributed by atoms with E-state index >= 15 is 0 Å². The molecule has 1 aliphatic carbocycles. The van der Waals surface area contributed by atoms with Crippen LogP contribution < -0.4 is 5.32 Å². The molecular weight excluding hydrogens is 478 g/mol. The summed E-state index contributed by atoms with van der Waals surface area (Å²) >= 11 is 12.1. The van der Waals surface area contributed by atoms with E-state index in [1.54, 1.807) is 30.3 Å². The first kappa shape index (κ1) is 23.1. The molecule has 0 radical (unpaired) electrons. The minimum Gasteiger partial charge on any atom is -0.457 e. The summed E-state index contributed by atoms with van der Waals surface area (Å²) in [7, 11) is 0. The molecule has 1 aromatic heterocycles. The minimum atomic E-state index is -4.60. The van der Waals surface area contributed by atoms with Crippen LogP contribution >= 0.6 is 23.2 Å². The largest absolute Gasteiger partial charge is 0.457 e. The highest BCUT2D eigenvalue weighted by Gasteiger charge is 2.34. The predicted octanol–water partition coefficient (Wildman–Crippen LogP) is 7.02. The Hall–Kier alpha value is -3.03. The Morgan fingerprint density at radius 3 is 2.21 bits per heavy atom. The van der Waals surface area contributed by atoms with Gasteiger partial charge >= 0.3 is 6.18 Å². The van der Waals surface area contributed by atoms with Gasteiger partial charge in [-0.1, -0.05) is 41.4 Å². The van der Waals surface area contributed by atoms with Gasteiger partial charge in [0.25, 0.3) is 5.91 Å². The highest BCUT2D eigenvalue weighted by atomic mass is 35.5. The van der Waals surface area contributed by atoms with Crippen LogP contribution in [0.4, 0.5) is 13.2 Å². The number of halogens is 5. The Kier molecular flexibility index (Phi) is 6.36. The van der Waals surface area contributed by atoms with Gasteiger partial charge in [-0.3, -0.25) is 9.59 Å². The van der Waals surface area contributed by atoms with Gasteiger partial charge in [-0.05, 0) is 49.2 Å². The summed E-state index contributed by atoms with van der Waals surface area (Å²) in [4.78, 5) is 25.3. The van der Waals surface area contributed by atoms with Crippen LogP contribution in [0.3, 0.4) is 0 Å². The Bertz CT molecular complexity index is 1220. The van der Waals surface area contributed by atoms with Crippen LogP contribution in [0, 0.1) is 5.92 Å². The number of furan rings is 1. The zero-order valence-corrected chi connectivity index (χ0v) is 18.4. The standard InChI is InChI=1S/C24H16Cl2F3NO3/c25-17-10-15(24(27,28)29)11-18(26)21(17)20-9-8-16(33-20)12-19(22(31)13-6-7-13)30-23(32)14-4-2-1-3-5-14/h1-5,8-13H,6-7H2,(H,30,32)/b19-12-. The number of hydrogen-bond acceptors (Lipinski definition) is 3. The SMILES string of the molecule is O=C(N/C(=C\c1ccc(-c2c(Cl)cc(C(F)(F)F)cc2Cl)o1)C(=O)C1CC1)c1ccccc1. The molecule has 4 rings (SSSR count). The van der Waals surface area contributed by atoms with E-state index in [1.165, 1.54) is 18.2 Å². The summed E-state index contributed by atoms with van der Waals surface area (Å²) in [6.45, 7) is 0. The number of alkyl halides is 3. The third kappa shape index (κ3) is 5.31. The number of nitrogens with one attached hydrogen (secondary N) is 1. The molecule has 4 nitrogen and oxygen atoms in total. The van der Waals surface area contributed by atoms with Crippen LogP contribution in [-0.2, 0) is 11.0 Å². The molecule has 0 atom stereocenters. The first-order valence-electron chi connectivity index (χ1n) is 9.92. The van der Waals surface area contributed by atoms with Crippen molar-refractivity contribution in [1.29, 1.82) is 0 Å². The van der Waals surface area contributed by atoms with Crippen molar-refractivity contribution in [1.82, 2.24) is 5.32 Å². The summed E-state index contributed by atoms with van der Waals surface area (Å²) in [6.07, 6.45) is -1.75. The molecule has 1 aliphatic rings. The second-order valence-corrected chi connectivity index (χ2v) is 8.35. The quantitative estimate of drug-likeness (QED) is 0.375. The highest BCUT2D eigenvalue weighted by molar-refractivity contribution is 6.39. The second-order valence-electron chi connectivity index (χ2n) is 7.53. The fourth-order valence-electron chi connectivity index (χ4n) is 3.20. The van der Waals surface area contributed by atoms with Crippen molar-refractivity contribution in [3.63, 3.8) is 0 Å². The number of carbonyl (C=O) groups excluding carboxylic acids is 2. The molecule has 1 heterocycles. The van der Waals surface area contributed by atoms with Crippen LogP contribution in [0.25, 0.3) is 17.4 Å². The fourth-order valence-corrected chi connectivity index (χ4v) is 3.87. The van der Waals surface area contributed by atoms with Gasteiger partial charge in [0.2, 0.25) is 0 Å². The van der Waals surface area contributed by atoms with Crippen LogP contribution in [-0.4, -0.2) is 11.7 Å². The monoisotopic (exact) mass is 493 g/mol. The Balaban J connectivity index is 1.65. The van der Waals surface area contributed by atoms with Gasteiger partial charge in [0, 0.05) is 17.6 Å². The predicted molar refractivity (Wildman–Crippen MR) is 119 cm³/mol. The molecule has 1 N–H and O–H groups in total. The molecule has 0 bridgehead atoms. The molecule has 3 aromatic rings. The number of hydrogen-bond donors (Lipinski definition) is 1. The van der Waals surface area contributed by atoms with Gasteiger partial charge in [0.05, 0.1) is 26.9 Å². The molecule has 0 spiro atoms. The number of benzene rings is 2. The topological polar surface area (TPSA) is 59.3 Å². The zero-order chi connectivity index (χ0) is 23.8. The van der Waals surface area contributed by atoms with Gasteiger partial charge in [0.1, 0.15) is 11.5 Å². The molecule has 0 saturated heterocycles. The van der Waals surface area contributed by atoms with Gasteiger partial charge in [0.15, 0.2) is 5.78 Å².